The second kappa shape index (κ2) is 12.7. The van der Waals surface area contributed by atoms with Gasteiger partial charge in [-0.25, -0.2) is 9.59 Å². The quantitative estimate of drug-likeness (QED) is 0.389. The van der Waals surface area contributed by atoms with E-state index in [0.29, 0.717) is 17.1 Å². The van der Waals surface area contributed by atoms with Crippen molar-refractivity contribution in [3.63, 3.8) is 0 Å². The minimum atomic E-state index is -1.15. The number of para-hydroxylation sites is 1. The van der Waals surface area contributed by atoms with Crippen molar-refractivity contribution in [2.45, 2.75) is 6.92 Å². The van der Waals surface area contributed by atoms with Crippen molar-refractivity contribution in [2.75, 3.05) is 41.9 Å². The molecule has 0 aromatic heterocycles. The molecule has 0 fully saturated rings. The first kappa shape index (κ1) is 26.7. The van der Waals surface area contributed by atoms with Gasteiger partial charge in [-0.2, -0.15) is 0 Å². The number of nitrogens with one attached hydrogen (secondary N) is 2. The van der Waals surface area contributed by atoms with Gasteiger partial charge >= 0.3 is 12.0 Å². The zero-order chi connectivity index (χ0) is 26.8. The Kier molecular flexibility index (Phi) is 9.20. The molecule has 0 aliphatic heterocycles. The van der Waals surface area contributed by atoms with Crippen LogP contribution in [0.1, 0.15) is 5.56 Å². The third-order valence-electron chi connectivity index (χ3n) is 5.28. The molecule has 0 saturated heterocycles. The molecule has 3 rings (SSSR count). The fourth-order valence-corrected chi connectivity index (χ4v) is 3.40. The molecular weight excluding hydrogens is 476 g/mol. The average molecular weight is 505 g/mol. The number of amides is 4. The summed E-state index contributed by atoms with van der Waals surface area (Å²) in [6.45, 7) is 0.615. The Morgan fingerprint density at radius 2 is 1.57 bits per heavy atom. The SMILES string of the molecule is Cc1cccc(NC(=O)NCC(=O)N(CC(=O)N(C)c2ccccc2)c2cccc(OCC(=O)O)c2)c1. The third-order valence-corrected chi connectivity index (χ3v) is 5.28. The van der Waals surface area contributed by atoms with Gasteiger partial charge in [-0.05, 0) is 48.9 Å². The van der Waals surface area contributed by atoms with Crippen LogP contribution in [0.15, 0.2) is 78.9 Å². The molecular formula is C27H28N4O6. The number of nitrogens with zero attached hydrogens (tertiary/aromatic N) is 2. The summed E-state index contributed by atoms with van der Waals surface area (Å²) in [6.07, 6.45) is 0. The minimum Gasteiger partial charge on any atom is -0.482 e. The number of carbonyl (C=O) groups is 4. The Hall–Kier alpha value is -4.86. The highest BCUT2D eigenvalue weighted by Gasteiger charge is 2.23. The lowest BCUT2D eigenvalue weighted by atomic mass is 10.2. The first-order chi connectivity index (χ1) is 17.7. The Morgan fingerprint density at radius 1 is 0.865 bits per heavy atom. The fraction of sp³-hybridized carbons (Fsp3) is 0.185. The van der Waals surface area contributed by atoms with Crippen molar-refractivity contribution in [3.05, 3.63) is 84.4 Å². The number of benzene rings is 3. The number of hydrogen-bond donors (Lipinski definition) is 3. The van der Waals surface area contributed by atoms with Crippen LogP contribution in [0.3, 0.4) is 0 Å². The number of hydrogen-bond acceptors (Lipinski definition) is 5. The molecule has 0 radical (unpaired) electrons. The van der Waals surface area contributed by atoms with Crippen LogP contribution in [0.5, 0.6) is 5.75 Å². The number of urea groups is 1. The van der Waals surface area contributed by atoms with Gasteiger partial charge in [-0.15, -0.1) is 0 Å². The fourth-order valence-electron chi connectivity index (χ4n) is 3.40. The molecule has 4 amide bonds. The molecule has 0 atom stereocenters. The van der Waals surface area contributed by atoms with E-state index in [-0.39, 0.29) is 24.7 Å². The van der Waals surface area contributed by atoms with Gasteiger partial charge in [0.05, 0.1) is 6.54 Å². The maximum Gasteiger partial charge on any atom is 0.341 e. The predicted molar refractivity (Wildman–Crippen MR) is 140 cm³/mol. The summed E-state index contributed by atoms with van der Waals surface area (Å²) in [5, 5.41) is 14.1. The Labute approximate surface area is 214 Å². The highest BCUT2D eigenvalue weighted by molar-refractivity contribution is 6.05. The van der Waals surface area contributed by atoms with Gasteiger partial charge in [0.15, 0.2) is 6.61 Å². The highest BCUT2D eigenvalue weighted by atomic mass is 16.5. The maximum absolute atomic E-state index is 13.2. The summed E-state index contributed by atoms with van der Waals surface area (Å²) < 4.78 is 5.22. The molecule has 3 N–H and O–H groups in total. The van der Waals surface area contributed by atoms with Crippen molar-refractivity contribution >= 4 is 40.9 Å². The molecule has 10 heteroatoms. The van der Waals surface area contributed by atoms with Crippen LogP contribution >= 0.6 is 0 Å². The lowest BCUT2D eigenvalue weighted by Crippen LogP contribution is -2.46. The lowest BCUT2D eigenvalue weighted by Gasteiger charge is -2.26. The summed E-state index contributed by atoms with van der Waals surface area (Å²) >= 11 is 0. The van der Waals surface area contributed by atoms with Crippen LogP contribution in [0.4, 0.5) is 21.9 Å². The van der Waals surface area contributed by atoms with Gasteiger partial charge in [0.1, 0.15) is 12.3 Å². The standard InChI is InChI=1S/C27H28N4O6/c1-19-8-6-9-20(14-19)29-27(36)28-16-24(32)31(17-25(33)30(2)21-10-4-3-5-11-21)22-12-7-13-23(15-22)37-18-26(34)35/h3-15H,16-18H2,1-2H3,(H,34,35)(H2,28,29,36). The maximum atomic E-state index is 13.2. The van der Waals surface area contributed by atoms with E-state index in [4.69, 9.17) is 9.84 Å². The number of aryl methyl sites for hydroxylation is 1. The van der Waals surface area contributed by atoms with Gasteiger partial charge in [0.25, 0.3) is 0 Å². The molecule has 3 aromatic carbocycles. The van der Waals surface area contributed by atoms with Crippen LogP contribution < -0.4 is 25.2 Å². The molecule has 37 heavy (non-hydrogen) atoms. The number of carboxylic acid groups (broad SMARTS) is 1. The second-order valence-corrected chi connectivity index (χ2v) is 8.13. The second-order valence-electron chi connectivity index (χ2n) is 8.13. The Morgan fingerprint density at radius 3 is 2.27 bits per heavy atom. The minimum absolute atomic E-state index is 0.215. The van der Waals surface area contributed by atoms with E-state index >= 15 is 0 Å². The number of anilines is 3. The number of rotatable bonds is 10. The Bertz CT molecular complexity index is 1260. The largest absolute Gasteiger partial charge is 0.482 e. The number of ether oxygens (including phenoxy) is 1. The van der Waals surface area contributed by atoms with Gasteiger partial charge in [-0.1, -0.05) is 36.4 Å². The summed E-state index contributed by atoms with van der Waals surface area (Å²) in [4.78, 5) is 52.1. The molecule has 0 spiro atoms. The van der Waals surface area contributed by atoms with Crippen molar-refractivity contribution in [1.29, 1.82) is 0 Å². The number of carboxylic acids is 1. The molecule has 0 unspecified atom stereocenters. The van der Waals surface area contributed by atoms with Crippen LogP contribution in [0.25, 0.3) is 0 Å². The summed E-state index contributed by atoms with van der Waals surface area (Å²) in [7, 11) is 1.60. The molecule has 0 aliphatic rings. The Balaban J connectivity index is 1.75. The normalized spacial score (nSPS) is 10.2. The van der Waals surface area contributed by atoms with E-state index < -0.39 is 24.5 Å². The molecule has 0 saturated carbocycles. The van der Waals surface area contributed by atoms with Crippen molar-refractivity contribution in [1.82, 2.24) is 5.32 Å². The van der Waals surface area contributed by atoms with E-state index in [0.717, 1.165) is 5.56 Å². The van der Waals surface area contributed by atoms with Crippen molar-refractivity contribution < 1.29 is 29.0 Å². The van der Waals surface area contributed by atoms with Gasteiger partial charge in [0.2, 0.25) is 11.8 Å². The topological polar surface area (TPSA) is 128 Å². The van der Waals surface area contributed by atoms with Crippen LogP contribution in [0, 0.1) is 6.92 Å². The van der Waals surface area contributed by atoms with E-state index in [1.807, 2.05) is 19.1 Å². The zero-order valence-electron chi connectivity index (χ0n) is 20.5. The van der Waals surface area contributed by atoms with Crippen LogP contribution in [-0.2, 0) is 14.4 Å². The predicted octanol–water partition coefficient (Wildman–Crippen LogP) is 3.28. The monoisotopic (exact) mass is 504 g/mol. The van der Waals surface area contributed by atoms with Gasteiger partial charge < -0.3 is 30.3 Å². The summed E-state index contributed by atoms with van der Waals surface area (Å²) in [5.74, 6) is -1.86. The highest BCUT2D eigenvalue weighted by Crippen LogP contribution is 2.22. The third kappa shape index (κ3) is 8.10. The van der Waals surface area contributed by atoms with E-state index in [2.05, 4.69) is 10.6 Å². The number of likely N-dealkylation sites (N-methyl/N-ethyl adjacent to an activating group) is 1. The zero-order valence-corrected chi connectivity index (χ0v) is 20.5. The molecule has 10 nitrogen and oxygen atoms in total. The molecule has 0 aliphatic carbocycles. The summed E-state index contributed by atoms with van der Waals surface area (Å²) in [5.41, 5.74) is 2.49. The van der Waals surface area contributed by atoms with Gasteiger partial charge in [0, 0.05) is 30.2 Å². The van der Waals surface area contributed by atoms with E-state index in [9.17, 15) is 19.2 Å². The lowest BCUT2D eigenvalue weighted by molar-refractivity contribution is -0.139. The first-order valence-electron chi connectivity index (χ1n) is 11.4. The van der Waals surface area contributed by atoms with E-state index in [1.54, 1.807) is 67.7 Å². The van der Waals surface area contributed by atoms with Crippen LogP contribution in [-0.4, -0.2) is 55.7 Å². The number of aliphatic carboxylic acids is 1. The van der Waals surface area contributed by atoms with Crippen molar-refractivity contribution in [2.24, 2.45) is 0 Å². The molecule has 0 heterocycles. The van der Waals surface area contributed by atoms with Crippen LogP contribution in [0.2, 0.25) is 0 Å². The smallest absolute Gasteiger partial charge is 0.341 e. The summed E-state index contributed by atoms with van der Waals surface area (Å²) in [6, 6.07) is 21.7. The first-order valence-corrected chi connectivity index (χ1v) is 11.4. The molecule has 192 valence electrons. The molecule has 3 aromatic rings. The van der Waals surface area contributed by atoms with E-state index in [1.165, 1.54) is 15.9 Å². The average Bonchev–Trinajstić information content (AvgIpc) is 2.89. The van der Waals surface area contributed by atoms with Gasteiger partial charge in [-0.3, -0.25) is 9.59 Å². The van der Waals surface area contributed by atoms with Crippen molar-refractivity contribution in [3.8, 4) is 5.75 Å². The molecule has 0 bridgehead atoms. The number of carbonyl (C=O) groups excluding carboxylic acids is 3.